The van der Waals surface area contributed by atoms with Crippen molar-refractivity contribution in [2.24, 2.45) is 0 Å². The summed E-state index contributed by atoms with van der Waals surface area (Å²) < 4.78 is 24.6. The summed E-state index contributed by atoms with van der Waals surface area (Å²) in [5.74, 6) is -0.237. The topological polar surface area (TPSA) is 59.3 Å². The highest BCUT2D eigenvalue weighted by molar-refractivity contribution is 6.14. The van der Waals surface area contributed by atoms with E-state index in [4.69, 9.17) is 9.47 Å². The maximum atomic E-state index is 13.8. The standard InChI is InChI=1S/C20H18FNO3/c1-3-10-25-18-9-8-14(12-19(18)24-2)11-15(13-22)20(23)16-6-4-5-7-17(16)21/h4-9,11-12H,3,10H2,1-2H3/b15-11+. The molecule has 0 amide bonds. The summed E-state index contributed by atoms with van der Waals surface area (Å²) in [6, 6.07) is 12.5. The number of hydrogen-bond acceptors (Lipinski definition) is 4. The molecule has 0 aliphatic heterocycles. The van der Waals surface area contributed by atoms with E-state index in [0.29, 0.717) is 23.7 Å². The third kappa shape index (κ3) is 4.45. The van der Waals surface area contributed by atoms with E-state index in [-0.39, 0.29) is 11.1 Å². The number of carbonyl (C=O) groups excluding carboxylic acids is 1. The van der Waals surface area contributed by atoms with Crippen LogP contribution >= 0.6 is 0 Å². The van der Waals surface area contributed by atoms with Crippen LogP contribution in [0.4, 0.5) is 4.39 Å². The third-order valence-corrected chi connectivity index (χ3v) is 3.44. The van der Waals surface area contributed by atoms with Crippen molar-refractivity contribution in [1.82, 2.24) is 0 Å². The number of halogens is 1. The predicted octanol–water partition coefficient (Wildman–Crippen LogP) is 4.41. The highest BCUT2D eigenvalue weighted by atomic mass is 19.1. The molecule has 0 radical (unpaired) electrons. The molecule has 0 N–H and O–H groups in total. The molecular formula is C20H18FNO3. The highest BCUT2D eigenvalue weighted by Crippen LogP contribution is 2.29. The smallest absolute Gasteiger partial charge is 0.206 e. The third-order valence-electron chi connectivity index (χ3n) is 3.44. The molecule has 2 aromatic carbocycles. The summed E-state index contributed by atoms with van der Waals surface area (Å²) in [6.45, 7) is 2.55. The van der Waals surface area contributed by atoms with Crippen LogP contribution in [0.2, 0.25) is 0 Å². The van der Waals surface area contributed by atoms with Gasteiger partial charge >= 0.3 is 0 Å². The molecule has 0 saturated carbocycles. The number of allylic oxidation sites excluding steroid dienone is 1. The molecule has 0 fully saturated rings. The number of methoxy groups -OCH3 is 1. The van der Waals surface area contributed by atoms with Crippen LogP contribution in [0.15, 0.2) is 48.0 Å². The molecule has 0 unspecified atom stereocenters. The first-order valence-corrected chi connectivity index (χ1v) is 7.82. The molecule has 0 saturated heterocycles. The van der Waals surface area contributed by atoms with E-state index >= 15 is 0 Å². The van der Waals surface area contributed by atoms with Gasteiger partial charge in [0.2, 0.25) is 5.78 Å². The average molecular weight is 339 g/mol. The molecule has 0 aliphatic rings. The van der Waals surface area contributed by atoms with Crippen LogP contribution in [0, 0.1) is 17.1 Å². The predicted molar refractivity (Wildman–Crippen MR) is 93.1 cm³/mol. The van der Waals surface area contributed by atoms with Gasteiger partial charge in [0, 0.05) is 0 Å². The van der Waals surface area contributed by atoms with Crippen LogP contribution in [0.5, 0.6) is 11.5 Å². The molecule has 0 heterocycles. The first-order valence-electron chi connectivity index (χ1n) is 7.82. The fraction of sp³-hybridized carbons (Fsp3) is 0.200. The first-order chi connectivity index (χ1) is 12.1. The van der Waals surface area contributed by atoms with Crippen molar-refractivity contribution in [3.05, 3.63) is 65.0 Å². The Kier molecular flexibility index (Phi) is 6.30. The Bertz CT molecular complexity index is 837. The molecule has 2 aromatic rings. The first kappa shape index (κ1) is 18.2. The molecule has 0 aromatic heterocycles. The molecular weight excluding hydrogens is 321 g/mol. The van der Waals surface area contributed by atoms with Gasteiger partial charge in [0.05, 0.1) is 19.3 Å². The Balaban J connectivity index is 2.35. The van der Waals surface area contributed by atoms with Crippen molar-refractivity contribution < 1.29 is 18.7 Å². The summed E-state index contributed by atoms with van der Waals surface area (Å²) in [5, 5.41) is 9.29. The van der Waals surface area contributed by atoms with Crippen LogP contribution in [0.25, 0.3) is 6.08 Å². The summed E-state index contributed by atoms with van der Waals surface area (Å²) in [4.78, 5) is 12.4. The fourth-order valence-electron chi connectivity index (χ4n) is 2.21. The summed E-state index contributed by atoms with van der Waals surface area (Å²) in [5.41, 5.74) is 0.293. The van der Waals surface area contributed by atoms with Crippen LogP contribution in [0.1, 0.15) is 29.3 Å². The molecule has 0 aliphatic carbocycles. The maximum absolute atomic E-state index is 13.8. The van der Waals surface area contributed by atoms with E-state index in [9.17, 15) is 14.4 Å². The lowest BCUT2D eigenvalue weighted by Crippen LogP contribution is -2.04. The van der Waals surface area contributed by atoms with Gasteiger partial charge in [-0.3, -0.25) is 4.79 Å². The number of hydrogen-bond donors (Lipinski definition) is 0. The zero-order valence-corrected chi connectivity index (χ0v) is 14.1. The van der Waals surface area contributed by atoms with Gasteiger partial charge in [0.1, 0.15) is 17.5 Å². The Morgan fingerprint density at radius 3 is 2.64 bits per heavy atom. The lowest BCUT2D eigenvalue weighted by molar-refractivity contribution is 0.103. The fourth-order valence-corrected chi connectivity index (χ4v) is 2.21. The number of nitrogens with zero attached hydrogens (tertiary/aromatic N) is 1. The van der Waals surface area contributed by atoms with Crippen molar-refractivity contribution in [3.8, 4) is 17.6 Å². The summed E-state index contributed by atoms with van der Waals surface area (Å²) in [6.07, 6.45) is 2.27. The highest BCUT2D eigenvalue weighted by Gasteiger charge is 2.16. The number of carbonyl (C=O) groups is 1. The minimum atomic E-state index is -0.661. The van der Waals surface area contributed by atoms with Crippen molar-refractivity contribution in [1.29, 1.82) is 5.26 Å². The van der Waals surface area contributed by atoms with E-state index in [1.54, 1.807) is 24.3 Å². The van der Waals surface area contributed by atoms with Gasteiger partial charge in [-0.05, 0) is 42.3 Å². The van der Waals surface area contributed by atoms with E-state index in [0.717, 1.165) is 6.42 Å². The Hall–Kier alpha value is -3.13. The summed E-state index contributed by atoms with van der Waals surface area (Å²) >= 11 is 0. The molecule has 128 valence electrons. The molecule has 25 heavy (non-hydrogen) atoms. The second kappa shape index (κ2) is 8.65. The van der Waals surface area contributed by atoms with Crippen molar-refractivity contribution >= 4 is 11.9 Å². The quantitative estimate of drug-likeness (QED) is 0.426. The van der Waals surface area contributed by atoms with Crippen LogP contribution in [-0.2, 0) is 0 Å². The Labute approximate surface area is 146 Å². The minimum Gasteiger partial charge on any atom is -0.493 e. The lowest BCUT2D eigenvalue weighted by atomic mass is 10.0. The van der Waals surface area contributed by atoms with E-state index < -0.39 is 11.6 Å². The number of benzene rings is 2. The zero-order chi connectivity index (χ0) is 18.2. The van der Waals surface area contributed by atoms with Gasteiger partial charge in [-0.1, -0.05) is 25.1 Å². The molecule has 2 rings (SSSR count). The zero-order valence-electron chi connectivity index (χ0n) is 14.1. The number of rotatable bonds is 7. The monoisotopic (exact) mass is 339 g/mol. The van der Waals surface area contributed by atoms with Crippen LogP contribution in [0.3, 0.4) is 0 Å². The van der Waals surface area contributed by atoms with Crippen LogP contribution in [-0.4, -0.2) is 19.5 Å². The average Bonchev–Trinajstić information content (AvgIpc) is 2.64. The Morgan fingerprint density at radius 2 is 2.00 bits per heavy atom. The van der Waals surface area contributed by atoms with E-state index in [1.807, 2.05) is 13.0 Å². The maximum Gasteiger partial charge on any atom is 0.206 e. The number of ketones is 1. The van der Waals surface area contributed by atoms with Gasteiger partial charge in [-0.15, -0.1) is 0 Å². The Morgan fingerprint density at radius 1 is 1.24 bits per heavy atom. The normalized spacial score (nSPS) is 10.9. The van der Waals surface area contributed by atoms with Crippen molar-refractivity contribution in [3.63, 3.8) is 0 Å². The largest absolute Gasteiger partial charge is 0.493 e. The van der Waals surface area contributed by atoms with E-state index in [1.165, 1.54) is 31.4 Å². The summed E-state index contributed by atoms with van der Waals surface area (Å²) in [7, 11) is 1.51. The van der Waals surface area contributed by atoms with Gasteiger partial charge < -0.3 is 9.47 Å². The molecule has 5 heteroatoms. The minimum absolute atomic E-state index is 0.134. The van der Waals surface area contributed by atoms with Gasteiger partial charge in [0.15, 0.2) is 11.5 Å². The van der Waals surface area contributed by atoms with Gasteiger partial charge in [0.25, 0.3) is 0 Å². The van der Waals surface area contributed by atoms with Gasteiger partial charge in [-0.2, -0.15) is 5.26 Å². The molecule has 4 nitrogen and oxygen atoms in total. The molecule has 0 bridgehead atoms. The van der Waals surface area contributed by atoms with Crippen LogP contribution < -0.4 is 9.47 Å². The molecule has 0 spiro atoms. The van der Waals surface area contributed by atoms with Gasteiger partial charge in [-0.25, -0.2) is 4.39 Å². The SMILES string of the molecule is CCCOc1ccc(/C=C(\C#N)C(=O)c2ccccc2F)cc1OC. The number of nitriles is 1. The second-order valence-electron chi connectivity index (χ2n) is 5.24. The van der Waals surface area contributed by atoms with E-state index in [2.05, 4.69) is 0 Å². The number of ether oxygens (including phenoxy) is 2. The molecule has 0 atom stereocenters. The number of Topliss-reactive ketones (excluding diaryl/α,β-unsaturated/α-hetero) is 1. The van der Waals surface area contributed by atoms with Crippen molar-refractivity contribution in [2.45, 2.75) is 13.3 Å². The van der Waals surface area contributed by atoms with Crippen molar-refractivity contribution in [2.75, 3.05) is 13.7 Å². The second-order valence-corrected chi connectivity index (χ2v) is 5.24. The lowest BCUT2D eigenvalue weighted by Gasteiger charge is -2.10.